The molecular formula is C15H28O2. The Morgan fingerprint density at radius 1 is 1.00 bits per heavy atom. The van der Waals surface area contributed by atoms with Gasteiger partial charge in [-0.05, 0) is 26.2 Å². The maximum absolute atomic E-state index is 11.5. The second kappa shape index (κ2) is 11.7. The number of hydrogen-bond donors (Lipinski definition) is 0. The van der Waals surface area contributed by atoms with Crippen molar-refractivity contribution in [3.05, 3.63) is 11.6 Å². The number of esters is 1. The average Bonchev–Trinajstić information content (AvgIpc) is 2.33. The monoisotopic (exact) mass is 240 g/mol. The number of unbranched alkanes of at least 4 members (excludes halogenated alkanes) is 6. The van der Waals surface area contributed by atoms with Crippen LogP contribution >= 0.6 is 0 Å². The van der Waals surface area contributed by atoms with Crippen LogP contribution in [0.25, 0.3) is 0 Å². The lowest BCUT2D eigenvalue weighted by atomic mass is 10.1. The molecule has 0 amide bonds. The largest absolute Gasteiger partial charge is 0.462 e. The highest BCUT2D eigenvalue weighted by Crippen LogP contribution is 2.08. The maximum atomic E-state index is 11.5. The van der Waals surface area contributed by atoms with E-state index in [0.29, 0.717) is 6.61 Å². The lowest BCUT2D eigenvalue weighted by molar-refractivity contribution is -0.139. The van der Waals surface area contributed by atoms with E-state index in [1.807, 2.05) is 13.0 Å². The highest BCUT2D eigenvalue weighted by atomic mass is 16.5. The molecule has 0 saturated carbocycles. The molecule has 100 valence electrons. The van der Waals surface area contributed by atoms with Gasteiger partial charge in [0.25, 0.3) is 0 Å². The molecule has 0 unspecified atom stereocenters. The Morgan fingerprint density at radius 3 is 2.29 bits per heavy atom. The first-order valence-electron chi connectivity index (χ1n) is 7.06. The predicted octanol–water partition coefficient (Wildman–Crippen LogP) is 4.64. The molecule has 0 rings (SSSR count). The summed E-state index contributed by atoms with van der Waals surface area (Å²) in [6, 6.07) is 0. The summed E-state index contributed by atoms with van der Waals surface area (Å²) in [5, 5.41) is 0. The molecule has 0 spiro atoms. The molecule has 0 heterocycles. The summed E-state index contributed by atoms with van der Waals surface area (Å²) >= 11 is 0. The third kappa shape index (κ3) is 10.1. The zero-order valence-electron chi connectivity index (χ0n) is 11.8. The van der Waals surface area contributed by atoms with Gasteiger partial charge in [0.05, 0.1) is 6.61 Å². The smallest absolute Gasteiger partial charge is 0.333 e. The second-order valence-corrected chi connectivity index (χ2v) is 4.58. The topological polar surface area (TPSA) is 26.3 Å². The van der Waals surface area contributed by atoms with E-state index in [1.165, 1.54) is 32.1 Å². The van der Waals surface area contributed by atoms with E-state index in [2.05, 4.69) is 13.8 Å². The van der Waals surface area contributed by atoms with Crippen LogP contribution in [-0.4, -0.2) is 12.6 Å². The van der Waals surface area contributed by atoms with E-state index in [0.717, 1.165) is 24.8 Å². The molecule has 0 aromatic rings. The van der Waals surface area contributed by atoms with Gasteiger partial charge in [0.2, 0.25) is 0 Å². The predicted molar refractivity (Wildman–Crippen MR) is 73.0 cm³/mol. The van der Waals surface area contributed by atoms with Gasteiger partial charge in [-0.2, -0.15) is 0 Å². The number of ether oxygens (including phenoxy) is 1. The molecule has 0 fully saturated rings. The number of hydrogen-bond acceptors (Lipinski definition) is 2. The van der Waals surface area contributed by atoms with E-state index in [4.69, 9.17) is 4.74 Å². The Balaban J connectivity index is 3.58. The van der Waals surface area contributed by atoms with Crippen molar-refractivity contribution in [1.29, 1.82) is 0 Å². The fraction of sp³-hybridized carbons (Fsp3) is 0.800. The van der Waals surface area contributed by atoms with Crippen molar-refractivity contribution in [2.75, 3.05) is 6.61 Å². The van der Waals surface area contributed by atoms with Crippen LogP contribution in [0.4, 0.5) is 0 Å². The molecular weight excluding hydrogens is 212 g/mol. The van der Waals surface area contributed by atoms with Crippen LogP contribution in [-0.2, 0) is 9.53 Å². The van der Waals surface area contributed by atoms with Crippen molar-refractivity contribution >= 4 is 5.97 Å². The fourth-order valence-corrected chi connectivity index (χ4v) is 1.57. The van der Waals surface area contributed by atoms with Gasteiger partial charge >= 0.3 is 5.97 Å². The Hall–Kier alpha value is -0.790. The SMILES string of the molecule is CCCCCCCC=C(C)C(=O)OCCCC. The molecule has 0 aliphatic rings. The standard InChI is InChI=1S/C15H28O2/c1-4-6-8-9-10-11-12-14(3)15(16)17-13-7-5-2/h12H,4-11,13H2,1-3H3. The minimum absolute atomic E-state index is 0.146. The lowest BCUT2D eigenvalue weighted by Gasteiger charge is -2.03. The summed E-state index contributed by atoms with van der Waals surface area (Å²) in [5.74, 6) is -0.146. The van der Waals surface area contributed by atoms with Crippen molar-refractivity contribution in [3.63, 3.8) is 0 Å². The molecule has 17 heavy (non-hydrogen) atoms. The molecule has 0 aliphatic carbocycles. The molecule has 0 N–H and O–H groups in total. The van der Waals surface area contributed by atoms with Gasteiger partial charge in [-0.1, -0.05) is 52.0 Å². The Bertz CT molecular complexity index is 219. The van der Waals surface area contributed by atoms with Crippen molar-refractivity contribution in [3.8, 4) is 0 Å². The Labute approximate surface area is 106 Å². The Morgan fingerprint density at radius 2 is 1.65 bits per heavy atom. The van der Waals surface area contributed by atoms with Crippen molar-refractivity contribution in [2.24, 2.45) is 0 Å². The van der Waals surface area contributed by atoms with Gasteiger partial charge in [0.15, 0.2) is 0 Å². The van der Waals surface area contributed by atoms with E-state index >= 15 is 0 Å². The normalized spacial score (nSPS) is 11.6. The molecule has 0 saturated heterocycles. The molecule has 0 atom stereocenters. The summed E-state index contributed by atoms with van der Waals surface area (Å²) in [6.07, 6.45) is 11.4. The molecule has 0 bridgehead atoms. The van der Waals surface area contributed by atoms with Gasteiger partial charge in [0.1, 0.15) is 0 Å². The summed E-state index contributed by atoms with van der Waals surface area (Å²) < 4.78 is 5.13. The summed E-state index contributed by atoms with van der Waals surface area (Å²) in [5.41, 5.74) is 0.761. The highest BCUT2D eigenvalue weighted by molar-refractivity contribution is 5.87. The third-order valence-electron chi connectivity index (χ3n) is 2.81. The summed E-state index contributed by atoms with van der Waals surface area (Å²) in [4.78, 5) is 11.5. The van der Waals surface area contributed by atoms with Crippen LogP contribution in [0.2, 0.25) is 0 Å². The van der Waals surface area contributed by atoms with Crippen molar-refractivity contribution in [1.82, 2.24) is 0 Å². The average molecular weight is 240 g/mol. The minimum Gasteiger partial charge on any atom is -0.462 e. The van der Waals surface area contributed by atoms with Crippen molar-refractivity contribution in [2.45, 2.75) is 72.1 Å². The van der Waals surface area contributed by atoms with Gasteiger partial charge in [0, 0.05) is 5.57 Å². The summed E-state index contributed by atoms with van der Waals surface area (Å²) in [6.45, 7) is 6.71. The zero-order valence-corrected chi connectivity index (χ0v) is 11.8. The third-order valence-corrected chi connectivity index (χ3v) is 2.81. The second-order valence-electron chi connectivity index (χ2n) is 4.58. The zero-order chi connectivity index (χ0) is 12.9. The van der Waals surface area contributed by atoms with E-state index in [-0.39, 0.29) is 5.97 Å². The number of carbonyl (C=O) groups excluding carboxylic acids is 1. The molecule has 2 nitrogen and oxygen atoms in total. The van der Waals surface area contributed by atoms with Crippen LogP contribution in [0.15, 0.2) is 11.6 Å². The van der Waals surface area contributed by atoms with E-state index in [9.17, 15) is 4.79 Å². The molecule has 2 heteroatoms. The van der Waals surface area contributed by atoms with Gasteiger partial charge < -0.3 is 4.74 Å². The van der Waals surface area contributed by atoms with Crippen LogP contribution in [0.5, 0.6) is 0 Å². The first kappa shape index (κ1) is 16.2. The first-order valence-corrected chi connectivity index (χ1v) is 7.06. The minimum atomic E-state index is -0.146. The quantitative estimate of drug-likeness (QED) is 0.316. The number of allylic oxidation sites excluding steroid dienone is 1. The van der Waals surface area contributed by atoms with E-state index < -0.39 is 0 Å². The van der Waals surface area contributed by atoms with E-state index in [1.54, 1.807) is 0 Å². The van der Waals surface area contributed by atoms with Crippen molar-refractivity contribution < 1.29 is 9.53 Å². The van der Waals surface area contributed by atoms with Crippen LogP contribution in [0.1, 0.15) is 72.1 Å². The summed E-state index contributed by atoms with van der Waals surface area (Å²) in [7, 11) is 0. The maximum Gasteiger partial charge on any atom is 0.333 e. The Kier molecular flexibility index (Phi) is 11.1. The molecule has 0 aliphatic heterocycles. The van der Waals surface area contributed by atoms with Gasteiger partial charge in [-0.15, -0.1) is 0 Å². The van der Waals surface area contributed by atoms with Crippen LogP contribution in [0.3, 0.4) is 0 Å². The number of rotatable bonds is 10. The fourth-order valence-electron chi connectivity index (χ4n) is 1.57. The van der Waals surface area contributed by atoms with Crippen LogP contribution < -0.4 is 0 Å². The molecule has 0 aromatic heterocycles. The highest BCUT2D eigenvalue weighted by Gasteiger charge is 2.03. The van der Waals surface area contributed by atoms with Crippen LogP contribution in [0, 0.1) is 0 Å². The van der Waals surface area contributed by atoms with Gasteiger partial charge in [-0.3, -0.25) is 0 Å². The van der Waals surface area contributed by atoms with Gasteiger partial charge in [-0.25, -0.2) is 4.79 Å². The molecule has 0 aromatic carbocycles. The lowest BCUT2D eigenvalue weighted by Crippen LogP contribution is -2.06. The first-order chi connectivity index (χ1) is 8.22. The molecule has 0 radical (unpaired) electrons. The number of carbonyl (C=O) groups is 1.